The molecule has 0 aromatic rings. The summed E-state index contributed by atoms with van der Waals surface area (Å²) in [6.45, 7) is 7.76. The van der Waals surface area contributed by atoms with Crippen molar-refractivity contribution in [1.29, 1.82) is 0 Å². The summed E-state index contributed by atoms with van der Waals surface area (Å²) in [5, 5.41) is 3.47. The third-order valence-corrected chi connectivity index (χ3v) is 4.84. The molecule has 20 heavy (non-hydrogen) atoms. The van der Waals surface area contributed by atoms with Crippen molar-refractivity contribution in [3.8, 4) is 0 Å². The Kier molecular flexibility index (Phi) is 6.10. The molecule has 1 aliphatic carbocycles. The van der Waals surface area contributed by atoms with Crippen molar-refractivity contribution < 1.29 is 4.74 Å². The Morgan fingerprint density at radius 3 is 2.70 bits per heavy atom. The molecular weight excluding hydrogens is 246 g/mol. The van der Waals surface area contributed by atoms with Crippen LogP contribution in [0.1, 0.15) is 78.6 Å². The number of rotatable bonds is 6. The predicted octanol–water partition coefficient (Wildman–Crippen LogP) is 4.59. The molecule has 2 heteroatoms. The van der Waals surface area contributed by atoms with Crippen LogP contribution in [0.4, 0.5) is 0 Å². The molecule has 0 aromatic heterocycles. The highest BCUT2D eigenvalue weighted by Crippen LogP contribution is 2.43. The summed E-state index contributed by atoms with van der Waals surface area (Å²) in [7, 11) is 0. The maximum Gasteiger partial charge on any atom is 0.0687 e. The Bertz CT molecular complexity index is 315. The summed E-state index contributed by atoms with van der Waals surface area (Å²) in [5.41, 5.74) is 1.79. The molecule has 1 aliphatic heterocycles. The van der Waals surface area contributed by atoms with Gasteiger partial charge in [-0.25, -0.2) is 0 Å². The van der Waals surface area contributed by atoms with Crippen LogP contribution in [0.2, 0.25) is 0 Å². The van der Waals surface area contributed by atoms with Gasteiger partial charge >= 0.3 is 0 Å². The highest BCUT2D eigenvalue weighted by molar-refractivity contribution is 5.02. The van der Waals surface area contributed by atoms with Gasteiger partial charge in [0, 0.05) is 6.04 Å². The lowest BCUT2D eigenvalue weighted by Gasteiger charge is -2.33. The summed E-state index contributed by atoms with van der Waals surface area (Å²) in [6, 6.07) is 0.591. The molecule has 0 amide bonds. The smallest absolute Gasteiger partial charge is 0.0687 e. The molecule has 2 aliphatic rings. The van der Waals surface area contributed by atoms with Gasteiger partial charge in [-0.15, -0.1) is 0 Å². The first-order chi connectivity index (χ1) is 9.60. The average Bonchev–Trinajstić information content (AvgIpc) is 2.78. The van der Waals surface area contributed by atoms with E-state index in [1.54, 1.807) is 0 Å². The van der Waals surface area contributed by atoms with E-state index in [-0.39, 0.29) is 5.60 Å². The van der Waals surface area contributed by atoms with Gasteiger partial charge in [0.2, 0.25) is 0 Å². The normalized spacial score (nSPS) is 26.6. The Hall–Kier alpha value is -0.340. The summed E-state index contributed by atoms with van der Waals surface area (Å²) in [6.07, 6.45) is 14.5. The highest BCUT2D eigenvalue weighted by Gasteiger charge is 2.40. The fourth-order valence-corrected chi connectivity index (χ4v) is 3.74. The van der Waals surface area contributed by atoms with Crippen LogP contribution in [0.25, 0.3) is 0 Å². The van der Waals surface area contributed by atoms with E-state index in [1.807, 2.05) is 0 Å². The van der Waals surface area contributed by atoms with E-state index in [1.165, 1.54) is 50.5 Å². The van der Waals surface area contributed by atoms with E-state index in [0.29, 0.717) is 12.1 Å². The van der Waals surface area contributed by atoms with Crippen molar-refractivity contribution in [2.75, 3.05) is 6.54 Å². The van der Waals surface area contributed by atoms with Crippen LogP contribution in [-0.2, 0) is 4.74 Å². The van der Waals surface area contributed by atoms with E-state index >= 15 is 0 Å². The summed E-state index contributed by atoms with van der Waals surface area (Å²) in [4.78, 5) is 0. The minimum absolute atomic E-state index is 0.280. The highest BCUT2D eigenvalue weighted by atomic mass is 16.5. The summed E-state index contributed by atoms with van der Waals surface area (Å²) in [5.74, 6) is 0. The molecule has 1 unspecified atom stereocenters. The first kappa shape index (κ1) is 16.0. The van der Waals surface area contributed by atoms with Gasteiger partial charge in [-0.2, -0.15) is 0 Å². The first-order valence-electron chi connectivity index (χ1n) is 8.66. The summed E-state index contributed by atoms with van der Waals surface area (Å²) < 4.78 is 6.45. The number of ether oxygens (including phenoxy) is 1. The van der Waals surface area contributed by atoms with Crippen LogP contribution in [-0.4, -0.2) is 24.3 Å². The zero-order valence-corrected chi connectivity index (χ0v) is 13.7. The van der Waals surface area contributed by atoms with Gasteiger partial charge in [0.25, 0.3) is 0 Å². The van der Waals surface area contributed by atoms with Gasteiger partial charge in [-0.1, -0.05) is 44.8 Å². The first-order valence-corrected chi connectivity index (χ1v) is 8.66. The molecule has 2 nitrogen and oxygen atoms in total. The van der Waals surface area contributed by atoms with Crippen molar-refractivity contribution in [3.05, 3.63) is 11.6 Å². The lowest BCUT2D eigenvalue weighted by Crippen LogP contribution is -2.31. The molecule has 2 fully saturated rings. The lowest BCUT2D eigenvalue weighted by atomic mass is 9.83. The van der Waals surface area contributed by atoms with E-state index < -0.39 is 0 Å². The third-order valence-electron chi connectivity index (χ3n) is 4.84. The van der Waals surface area contributed by atoms with E-state index in [0.717, 1.165) is 19.4 Å². The predicted molar refractivity (Wildman–Crippen MR) is 86.1 cm³/mol. The Morgan fingerprint density at radius 1 is 1.25 bits per heavy atom. The SMILES string of the molecule is C/C(=C/CCNC(C)C)CC1CCC2(CCCCC2)O1. The van der Waals surface area contributed by atoms with Crippen LogP contribution in [0.15, 0.2) is 11.6 Å². The van der Waals surface area contributed by atoms with E-state index in [2.05, 4.69) is 32.2 Å². The molecule has 1 N–H and O–H groups in total. The van der Waals surface area contributed by atoms with Gasteiger partial charge in [-0.3, -0.25) is 0 Å². The summed E-state index contributed by atoms with van der Waals surface area (Å²) >= 11 is 0. The Labute approximate surface area is 125 Å². The monoisotopic (exact) mass is 279 g/mol. The molecule has 2 rings (SSSR count). The second-order valence-corrected chi connectivity index (χ2v) is 7.17. The second kappa shape index (κ2) is 7.61. The van der Waals surface area contributed by atoms with Gasteiger partial charge in [0.15, 0.2) is 0 Å². The van der Waals surface area contributed by atoms with Gasteiger partial charge in [-0.05, 0) is 52.0 Å². The van der Waals surface area contributed by atoms with Gasteiger partial charge < -0.3 is 10.1 Å². The van der Waals surface area contributed by atoms with Gasteiger partial charge in [0.05, 0.1) is 11.7 Å². The number of hydrogen-bond donors (Lipinski definition) is 1. The topological polar surface area (TPSA) is 21.3 Å². The van der Waals surface area contributed by atoms with Crippen LogP contribution >= 0.6 is 0 Å². The third kappa shape index (κ3) is 4.89. The van der Waals surface area contributed by atoms with Crippen molar-refractivity contribution >= 4 is 0 Å². The molecule has 1 spiro atoms. The maximum absolute atomic E-state index is 6.45. The van der Waals surface area contributed by atoms with E-state index in [4.69, 9.17) is 4.74 Å². The molecular formula is C18H33NO. The number of hydrogen-bond acceptors (Lipinski definition) is 2. The van der Waals surface area contributed by atoms with Gasteiger partial charge in [0.1, 0.15) is 0 Å². The Morgan fingerprint density at radius 2 is 2.00 bits per heavy atom. The molecule has 116 valence electrons. The zero-order chi connectivity index (χ0) is 14.4. The van der Waals surface area contributed by atoms with Crippen LogP contribution in [0, 0.1) is 0 Å². The van der Waals surface area contributed by atoms with Crippen molar-refractivity contribution in [2.45, 2.75) is 96.3 Å². The quantitative estimate of drug-likeness (QED) is 0.567. The largest absolute Gasteiger partial charge is 0.371 e. The number of nitrogens with one attached hydrogen (secondary N) is 1. The van der Waals surface area contributed by atoms with Crippen LogP contribution < -0.4 is 5.32 Å². The standard InChI is InChI=1S/C18H33NO/c1-15(2)19-13-7-8-16(3)14-17-9-12-18(20-17)10-5-4-6-11-18/h8,15,17,19H,4-7,9-14H2,1-3H3/b16-8-. The fraction of sp³-hybridized carbons (Fsp3) is 0.889. The Balaban J connectivity index is 1.69. The van der Waals surface area contributed by atoms with Crippen molar-refractivity contribution in [2.24, 2.45) is 0 Å². The van der Waals surface area contributed by atoms with E-state index in [9.17, 15) is 0 Å². The fourth-order valence-electron chi connectivity index (χ4n) is 3.74. The van der Waals surface area contributed by atoms with Crippen molar-refractivity contribution in [3.63, 3.8) is 0 Å². The molecule has 1 saturated heterocycles. The van der Waals surface area contributed by atoms with Crippen LogP contribution in [0.5, 0.6) is 0 Å². The minimum atomic E-state index is 0.280. The average molecular weight is 279 g/mol. The molecule has 0 aromatic carbocycles. The lowest BCUT2D eigenvalue weighted by molar-refractivity contribution is -0.0628. The second-order valence-electron chi connectivity index (χ2n) is 7.17. The van der Waals surface area contributed by atoms with Crippen LogP contribution in [0.3, 0.4) is 0 Å². The molecule has 1 saturated carbocycles. The minimum Gasteiger partial charge on any atom is -0.371 e. The molecule has 0 radical (unpaired) electrons. The zero-order valence-electron chi connectivity index (χ0n) is 13.7. The maximum atomic E-state index is 6.45. The molecule has 1 atom stereocenters. The molecule has 1 heterocycles. The van der Waals surface area contributed by atoms with Crippen molar-refractivity contribution in [1.82, 2.24) is 5.32 Å². The molecule has 0 bridgehead atoms.